The summed E-state index contributed by atoms with van der Waals surface area (Å²) in [5, 5.41) is 18.7. The molecule has 0 atom stereocenters. The van der Waals surface area contributed by atoms with Gasteiger partial charge < -0.3 is 20.2 Å². The van der Waals surface area contributed by atoms with Crippen LogP contribution in [0.4, 0.5) is 19.0 Å². The first-order valence-corrected chi connectivity index (χ1v) is 8.65. The second kappa shape index (κ2) is 8.51. The number of aromatic nitrogens is 1. The fourth-order valence-corrected chi connectivity index (χ4v) is 2.80. The van der Waals surface area contributed by atoms with Crippen LogP contribution in [-0.2, 0) is 6.61 Å². The number of pyridine rings is 1. The minimum atomic E-state index is -4.77. The number of nitrogens with one attached hydrogen (secondary N) is 1. The highest BCUT2D eigenvalue weighted by Gasteiger charge is 2.31. The maximum absolute atomic E-state index is 12.2. The number of hydrogen-bond acceptors (Lipinski definition) is 6. The molecule has 0 amide bonds. The number of nitrogen functional groups attached to an aromatic ring is 1. The van der Waals surface area contributed by atoms with Gasteiger partial charge in [0.05, 0.1) is 0 Å². The number of nitrogens with two attached hydrogens (primary N) is 1. The average molecular weight is 426 g/mol. The van der Waals surface area contributed by atoms with Crippen LogP contribution in [0.25, 0.3) is 11.1 Å². The number of ether oxygens (including phenoxy) is 2. The second-order valence-electron chi connectivity index (χ2n) is 6.22. The maximum atomic E-state index is 12.2. The molecule has 156 valence electrons. The topological polar surface area (TPSA) is 125 Å². The number of rotatable bonds is 5. The summed E-state index contributed by atoms with van der Waals surface area (Å²) in [6.45, 7) is 0.105. The van der Waals surface area contributed by atoms with Crippen molar-refractivity contribution in [1.82, 2.24) is 4.98 Å². The van der Waals surface area contributed by atoms with Gasteiger partial charge in [-0.3, -0.25) is 4.79 Å². The zero-order valence-electron chi connectivity index (χ0n) is 15.7. The Hall–Kier alpha value is -4.44. The van der Waals surface area contributed by atoms with Crippen LogP contribution in [-0.4, -0.2) is 11.3 Å². The van der Waals surface area contributed by atoms with E-state index in [-0.39, 0.29) is 34.9 Å². The third-order valence-corrected chi connectivity index (χ3v) is 4.17. The lowest BCUT2D eigenvalue weighted by Crippen LogP contribution is -2.16. The van der Waals surface area contributed by atoms with Crippen LogP contribution >= 0.6 is 0 Å². The number of hydrogen-bond donors (Lipinski definition) is 2. The van der Waals surface area contributed by atoms with E-state index in [0.717, 1.165) is 12.1 Å². The summed E-state index contributed by atoms with van der Waals surface area (Å²) in [6.07, 6.45) is -4.77. The van der Waals surface area contributed by atoms with Gasteiger partial charge in [0.15, 0.2) is 0 Å². The second-order valence-corrected chi connectivity index (χ2v) is 6.22. The van der Waals surface area contributed by atoms with Crippen LogP contribution in [0.2, 0.25) is 0 Å². The summed E-state index contributed by atoms with van der Waals surface area (Å²) >= 11 is 0. The highest BCUT2D eigenvalue weighted by Crippen LogP contribution is 2.29. The third kappa shape index (κ3) is 4.95. The van der Waals surface area contributed by atoms with Gasteiger partial charge in [-0.2, -0.15) is 10.5 Å². The predicted octanol–water partition coefficient (Wildman–Crippen LogP) is 3.85. The fraction of sp³-hybridized carbons (Fsp3) is 0.0952. The van der Waals surface area contributed by atoms with Gasteiger partial charge in [0, 0.05) is 5.56 Å². The van der Waals surface area contributed by atoms with Crippen molar-refractivity contribution in [2.45, 2.75) is 13.0 Å². The molecule has 0 saturated carbocycles. The Balaban J connectivity index is 1.77. The molecule has 10 heteroatoms. The molecule has 0 unspecified atom stereocenters. The van der Waals surface area contributed by atoms with E-state index in [4.69, 9.17) is 10.5 Å². The molecule has 0 radical (unpaired) electrons. The number of nitrogens with zero attached hydrogens (tertiary/aromatic N) is 2. The summed E-state index contributed by atoms with van der Waals surface area (Å²) in [5.74, 6) is -0.158. The van der Waals surface area contributed by atoms with Crippen LogP contribution in [0.1, 0.15) is 16.7 Å². The molecular formula is C21H13F3N4O3. The Labute approximate surface area is 173 Å². The van der Waals surface area contributed by atoms with E-state index in [1.807, 2.05) is 6.07 Å². The third-order valence-electron chi connectivity index (χ3n) is 4.17. The summed E-state index contributed by atoms with van der Waals surface area (Å²) in [5.41, 5.74) is 6.06. The standard InChI is InChI=1S/C21H13F3N4O3/c22-21(23,24)31-15-7-5-14(6-8-15)30-11-12-1-3-13(4-2-12)18-16(9-25)19(27)28-20(29)17(18)10-26/h1-8H,11H2,(H3,27,28,29). The lowest BCUT2D eigenvalue weighted by Gasteiger charge is -2.11. The van der Waals surface area contributed by atoms with Crippen molar-refractivity contribution in [2.24, 2.45) is 0 Å². The van der Waals surface area contributed by atoms with Crippen LogP contribution in [0.15, 0.2) is 53.3 Å². The highest BCUT2D eigenvalue weighted by atomic mass is 19.4. The summed E-state index contributed by atoms with van der Waals surface area (Å²) in [6, 6.07) is 15.2. The Morgan fingerprint density at radius 2 is 1.52 bits per heavy atom. The molecule has 0 aliphatic rings. The van der Waals surface area contributed by atoms with Crippen molar-refractivity contribution in [3.63, 3.8) is 0 Å². The minimum absolute atomic E-state index is 0.0127. The number of benzene rings is 2. The quantitative estimate of drug-likeness (QED) is 0.639. The first-order valence-electron chi connectivity index (χ1n) is 8.65. The zero-order chi connectivity index (χ0) is 22.6. The molecule has 0 bridgehead atoms. The van der Waals surface area contributed by atoms with Gasteiger partial charge in [-0.1, -0.05) is 24.3 Å². The van der Waals surface area contributed by atoms with Crippen molar-refractivity contribution < 1.29 is 22.6 Å². The average Bonchev–Trinajstić information content (AvgIpc) is 2.72. The van der Waals surface area contributed by atoms with E-state index >= 15 is 0 Å². The molecule has 0 aliphatic carbocycles. The van der Waals surface area contributed by atoms with Gasteiger partial charge in [-0.15, -0.1) is 13.2 Å². The summed E-state index contributed by atoms with van der Waals surface area (Å²) < 4.78 is 45.9. The van der Waals surface area contributed by atoms with Crippen LogP contribution in [0.5, 0.6) is 11.5 Å². The zero-order valence-corrected chi connectivity index (χ0v) is 15.7. The summed E-state index contributed by atoms with van der Waals surface area (Å²) in [7, 11) is 0. The van der Waals surface area contributed by atoms with Crippen LogP contribution < -0.4 is 20.8 Å². The molecule has 7 nitrogen and oxygen atoms in total. The van der Waals surface area contributed by atoms with Crippen LogP contribution in [0.3, 0.4) is 0 Å². The Morgan fingerprint density at radius 1 is 0.935 bits per heavy atom. The number of aromatic amines is 1. The number of halogens is 3. The van der Waals surface area contributed by atoms with E-state index < -0.39 is 11.9 Å². The van der Waals surface area contributed by atoms with Gasteiger partial charge in [0.2, 0.25) is 0 Å². The number of alkyl halides is 3. The van der Waals surface area contributed by atoms with E-state index in [9.17, 15) is 28.5 Å². The SMILES string of the molecule is N#Cc1c(N)[nH]c(=O)c(C#N)c1-c1ccc(COc2ccc(OC(F)(F)F)cc2)cc1. The van der Waals surface area contributed by atoms with Gasteiger partial charge in [-0.25, -0.2) is 0 Å². The molecule has 3 rings (SSSR count). The van der Waals surface area contributed by atoms with Gasteiger partial charge in [-0.05, 0) is 35.4 Å². The Kier molecular flexibility index (Phi) is 5.84. The highest BCUT2D eigenvalue weighted by molar-refractivity contribution is 5.80. The van der Waals surface area contributed by atoms with Crippen molar-refractivity contribution in [3.8, 4) is 34.8 Å². The summed E-state index contributed by atoms with van der Waals surface area (Å²) in [4.78, 5) is 14.3. The van der Waals surface area contributed by atoms with Crippen molar-refractivity contribution in [3.05, 3.63) is 75.6 Å². The monoisotopic (exact) mass is 426 g/mol. The van der Waals surface area contributed by atoms with E-state index in [1.54, 1.807) is 30.3 Å². The van der Waals surface area contributed by atoms with Crippen molar-refractivity contribution in [2.75, 3.05) is 5.73 Å². The smallest absolute Gasteiger partial charge is 0.489 e. The normalized spacial score (nSPS) is 10.7. The molecule has 0 aliphatic heterocycles. The number of nitriles is 2. The molecule has 1 aromatic heterocycles. The minimum Gasteiger partial charge on any atom is -0.489 e. The van der Waals surface area contributed by atoms with Gasteiger partial charge in [0.25, 0.3) is 5.56 Å². The van der Waals surface area contributed by atoms with Crippen LogP contribution in [0, 0.1) is 22.7 Å². The van der Waals surface area contributed by atoms with Gasteiger partial charge in [0.1, 0.15) is 47.2 Å². The lowest BCUT2D eigenvalue weighted by atomic mass is 9.96. The maximum Gasteiger partial charge on any atom is 0.573 e. The van der Waals surface area contributed by atoms with E-state index in [0.29, 0.717) is 16.9 Å². The van der Waals surface area contributed by atoms with E-state index in [2.05, 4.69) is 9.72 Å². The first kappa shape index (κ1) is 21.3. The molecule has 3 N–H and O–H groups in total. The molecule has 3 aromatic rings. The molecule has 31 heavy (non-hydrogen) atoms. The molecule has 0 spiro atoms. The predicted molar refractivity (Wildman–Crippen MR) is 104 cm³/mol. The molecule has 1 heterocycles. The van der Waals surface area contributed by atoms with Crippen molar-refractivity contribution >= 4 is 5.82 Å². The number of anilines is 1. The lowest BCUT2D eigenvalue weighted by molar-refractivity contribution is -0.274. The largest absolute Gasteiger partial charge is 0.573 e. The first-order chi connectivity index (χ1) is 14.7. The molecule has 0 saturated heterocycles. The molecule has 0 fully saturated rings. The van der Waals surface area contributed by atoms with E-state index in [1.165, 1.54) is 12.1 Å². The fourth-order valence-electron chi connectivity index (χ4n) is 2.80. The Morgan fingerprint density at radius 3 is 2.06 bits per heavy atom. The van der Waals surface area contributed by atoms with Crippen molar-refractivity contribution in [1.29, 1.82) is 10.5 Å². The molecule has 2 aromatic carbocycles. The van der Waals surface area contributed by atoms with Gasteiger partial charge >= 0.3 is 6.36 Å². The molecular weight excluding hydrogens is 413 g/mol. The Bertz CT molecular complexity index is 1240. The number of H-pyrrole nitrogens is 1.